The topological polar surface area (TPSA) is 46.2 Å². The number of aliphatic hydroxyl groups is 1. The van der Waals surface area contributed by atoms with Gasteiger partial charge in [-0.3, -0.25) is 0 Å². The lowest BCUT2D eigenvalue weighted by atomic mass is 10.4. The van der Waals surface area contributed by atoms with Crippen LogP contribution in [0.4, 0.5) is 0 Å². The third-order valence-corrected chi connectivity index (χ3v) is 0.587. The van der Waals surface area contributed by atoms with Crippen LogP contribution in [0.2, 0.25) is 0 Å². The monoisotopic (exact) mass is 143 g/mol. The van der Waals surface area contributed by atoms with E-state index in [0.29, 0.717) is 5.70 Å². The average Bonchev–Trinajstić information content (AvgIpc) is 1.89. The van der Waals surface area contributed by atoms with E-state index in [0.717, 1.165) is 0 Å². The first kappa shape index (κ1) is 11.8. The molecule has 0 aromatic carbocycles. The summed E-state index contributed by atoms with van der Waals surface area (Å²) in [6.07, 6.45) is 3.20. The Bertz CT molecular complexity index is 101. The Morgan fingerprint density at radius 1 is 1.20 bits per heavy atom. The molecule has 0 fully saturated rings. The van der Waals surface area contributed by atoms with E-state index in [1.807, 2.05) is 13.8 Å². The van der Waals surface area contributed by atoms with Crippen molar-refractivity contribution in [1.29, 1.82) is 0 Å². The van der Waals surface area contributed by atoms with Crippen molar-refractivity contribution < 1.29 is 5.11 Å². The van der Waals surface area contributed by atoms with Gasteiger partial charge in [-0.25, -0.2) is 0 Å². The van der Waals surface area contributed by atoms with Crippen LogP contribution in [0.3, 0.4) is 0 Å². The van der Waals surface area contributed by atoms with Gasteiger partial charge < -0.3 is 10.8 Å². The van der Waals surface area contributed by atoms with Crippen molar-refractivity contribution in [3.05, 3.63) is 23.6 Å². The van der Waals surface area contributed by atoms with Crippen LogP contribution in [0.5, 0.6) is 0 Å². The molecule has 2 heteroatoms. The summed E-state index contributed by atoms with van der Waals surface area (Å²) in [5.74, 6) is 0.273. The summed E-state index contributed by atoms with van der Waals surface area (Å²) in [6, 6.07) is 0. The highest BCUT2D eigenvalue weighted by atomic mass is 16.3. The molecule has 0 bridgehead atoms. The number of hydrogen-bond donors (Lipinski definition) is 2. The van der Waals surface area contributed by atoms with Crippen LogP contribution in [0.25, 0.3) is 0 Å². The van der Waals surface area contributed by atoms with Crippen LogP contribution < -0.4 is 5.73 Å². The summed E-state index contributed by atoms with van der Waals surface area (Å²) >= 11 is 0. The third-order valence-electron chi connectivity index (χ3n) is 0.587. The Balaban J connectivity index is 0. The van der Waals surface area contributed by atoms with Crippen molar-refractivity contribution in [3.8, 4) is 0 Å². The lowest BCUT2D eigenvalue weighted by molar-refractivity contribution is 0.414. The van der Waals surface area contributed by atoms with E-state index in [1.54, 1.807) is 26.0 Å². The van der Waals surface area contributed by atoms with Gasteiger partial charge in [0.05, 0.1) is 5.76 Å². The molecule has 0 amide bonds. The van der Waals surface area contributed by atoms with Gasteiger partial charge in [0.25, 0.3) is 0 Å². The molecular formula is C8H17NO. The first-order chi connectivity index (χ1) is 4.63. The molecule has 60 valence electrons. The molecule has 0 saturated heterocycles. The summed E-state index contributed by atoms with van der Waals surface area (Å²) in [7, 11) is 0. The molecule has 0 unspecified atom stereocenters. The normalized spacial score (nSPS) is 12.0. The van der Waals surface area contributed by atoms with Crippen molar-refractivity contribution in [2.24, 2.45) is 5.73 Å². The van der Waals surface area contributed by atoms with Crippen molar-refractivity contribution in [2.45, 2.75) is 27.7 Å². The molecule has 0 spiro atoms. The van der Waals surface area contributed by atoms with Crippen molar-refractivity contribution in [1.82, 2.24) is 0 Å². The maximum Gasteiger partial charge on any atom is 0.0892 e. The first-order valence-electron chi connectivity index (χ1n) is 3.42. The minimum atomic E-state index is 0.273. The standard InChI is InChI=1S/C6H11NO.C2H6/c1-5(7)3-4-6(2)8;1-2/h3-4,8H,7H2,1-2H3;1-2H3/b5-3+,6-4+;. The quantitative estimate of drug-likeness (QED) is 0.437. The van der Waals surface area contributed by atoms with Gasteiger partial charge in [-0.1, -0.05) is 13.8 Å². The van der Waals surface area contributed by atoms with Gasteiger partial charge in [-0.15, -0.1) is 0 Å². The Labute approximate surface area is 63.1 Å². The van der Waals surface area contributed by atoms with Crippen LogP contribution in [-0.4, -0.2) is 5.11 Å². The Morgan fingerprint density at radius 3 is 1.70 bits per heavy atom. The summed E-state index contributed by atoms with van der Waals surface area (Å²) in [5.41, 5.74) is 5.94. The van der Waals surface area contributed by atoms with Crippen LogP contribution >= 0.6 is 0 Å². The molecule has 0 aromatic heterocycles. The van der Waals surface area contributed by atoms with Gasteiger partial charge in [0.15, 0.2) is 0 Å². The Kier molecular flexibility index (Phi) is 9.56. The molecule has 0 aliphatic carbocycles. The number of hydrogen-bond acceptors (Lipinski definition) is 2. The highest BCUT2D eigenvalue weighted by Crippen LogP contribution is 1.86. The maximum atomic E-state index is 8.56. The van der Waals surface area contributed by atoms with Crippen molar-refractivity contribution in [2.75, 3.05) is 0 Å². The number of nitrogens with two attached hydrogens (primary N) is 1. The molecule has 0 aromatic rings. The molecule has 10 heavy (non-hydrogen) atoms. The molecule has 0 radical (unpaired) electrons. The van der Waals surface area contributed by atoms with Crippen LogP contribution in [0.15, 0.2) is 23.6 Å². The number of rotatable bonds is 1. The predicted molar refractivity (Wildman–Crippen MR) is 45.7 cm³/mol. The van der Waals surface area contributed by atoms with Gasteiger partial charge in [-0.2, -0.15) is 0 Å². The lowest BCUT2D eigenvalue weighted by Crippen LogP contribution is -1.88. The average molecular weight is 143 g/mol. The summed E-state index contributed by atoms with van der Waals surface area (Å²) in [4.78, 5) is 0. The smallest absolute Gasteiger partial charge is 0.0892 e. The van der Waals surface area contributed by atoms with Gasteiger partial charge in [0.2, 0.25) is 0 Å². The molecule has 0 aliphatic heterocycles. The van der Waals surface area contributed by atoms with E-state index in [2.05, 4.69) is 0 Å². The molecular weight excluding hydrogens is 126 g/mol. The van der Waals surface area contributed by atoms with Crippen LogP contribution in [-0.2, 0) is 0 Å². The number of aliphatic hydroxyl groups excluding tert-OH is 1. The second-order valence-electron chi connectivity index (χ2n) is 1.72. The summed E-state index contributed by atoms with van der Waals surface area (Å²) < 4.78 is 0. The number of allylic oxidation sites excluding steroid dienone is 4. The third kappa shape index (κ3) is 15.7. The highest BCUT2D eigenvalue weighted by molar-refractivity contribution is 5.08. The second-order valence-corrected chi connectivity index (χ2v) is 1.72. The molecule has 0 aliphatic rings. The Morgan fingerprint density at radius 2 is 1.60 bits per heavy atom. The largest absolute Gasteiger partial charge is 0.513 e. The zero-order chi connectivity index (χ0) is 8.57. The van der Waals surface area contributed by atoms with E-state index in [-0.39, 0.29) is 5.76 Å². The maximum absolute atomic E-state index is 8.56. The fourth-order valence-corrected chi connectivity index (χ4v) is 0.252. The molecule has 0 heterocycles. The van der Waals surface area contributed by atoms with E-state index < -0.39 is 0 Å². The Hall–Kier alpha value is -0.920. The van der Waals surface area contributed by atoms with E-state index >= 15 is 0 Å². The molecule has 3 N–H and O–H groups in total. The van der Waals surface area contributed by atoms with E-state index in [1.165, 1.54) is 0 Å². The summed E-state index contributed by atoms with van der Waals surface area (Å²) in [6.45, 7) is 7.36. The minimum Gasteiger partial charge on any atom is -0.513 e. The molecule has 0 atom stereocenters. The van der Waals surface area contributed by atoms with E-state index in [4.69, 9.17) is 10.8 Å². The lowest BCUT2D eigenvalue weighted by Gasteiger charge is -1.84. The SMILES string of the molecule is C/C(N)=C\C=C(/C)O.CC. The molecule has 0 saturated carbocycles. The van der Waals surface area contributed by atoms with Crippen molar-refractivity contribution in [3.63, 3.8) is 0 Å². The summed E-state index contributed by atoms with van der Waals surface area (Å²) in [5, 5.41) is 8.56. The highest BCUT2D eigenvalue weighted by Gasteiger charge is 1.74. The van der Waals surface area contributed by atoms with E-state index in [9.17, 15) is 0 Å². The fourth-order valence-electron chi connectivity index (χ4n) is 0.252. The predicted octanol–water partition coefficient (Wildman–Crippen LogP) is 2.34. The van der Waals surface area contributed by atoms with Gasteiger partial charge in [0, 0.05) is 5.70 Å². The molecule has 0 rings (SSSR count). The fraction of sp³-hybridized carbons (Fsp3) is 0.500. The second kappa shape index (κ2) is 8.08. The van der Waals surface area contributed by atoms with Gasteiger partial charge >= 0.3 is 0 Å². The zero-order valence-corrected chi connectivity index (χ0v) is 7.18. The zero-order valence-electron chi connectivity index (χ0n) is 7.18. The van der Waals surface area contributed by atoms with Gasteiger partial charge in [0.1, 0.15) is 0 Å². The van der Waals surface area contributed by atoms with Crippen molar-refractivity contribution >= 4 is 0 Å². The van der Waals surface area contributed by atoms with Crippen LogP contribution in [0.1, 0.15) is 27.7 Å². The van der Waals surface area contributed by atoms with Gasteiger partial charge in [-0.05, 0) is 26.0 Å². The minimum absolute atomic E-state index is 0.273. The first-order valence-corrected chi connectivity index (χ1v) is 3.42. The van der Waals surface area contributed by atoms with Crippen LogP contribution in [0, 0.1) is 0 Å². The molecule has 2 nitrogen and oxygen atoms in total.